The number of fused-ring (bicyclic) bond motifs is 1. The molecule has 0 amide bonds. The highest BCUT2D eigenvalue weighted by molar-refractivity contribution is 5.89. The first-order chi connectivity index (χ1) is 20.0. The average Bonchev–Trinajstić information content (AvgIpc) is 2.97. The smallest absolute Gasteiger partial charge is 0.192 e. The molecule has 2 fully saturated rings. The summed E-state index contributed by atoms with van der Waals surface area (Å²) in [5.41, 5.74) is -0.756. The predicted molar refractivity (Wildman–Crippen MR) is 140 cm³/mol. The van der Waals surface area contributed by atoms with Gasteiger partial charge in [-0.2, -0.15) is 0 Å². The maximum Gasteiger partial charge on any atom is 0.192 e. The molecule has 228 valence electrons. The average molecular weight is 592 g/mol. The number of benzene rings is 2. The number of hydrogen-bond acceptors (Lipinski definition) is 14. The molecule has 42 heavy (non-hydrogen) atoms. The Morgan fingerprint density at radius 2 is 1.62 bits per heavy atom. The van der Waals surface area contributed by atoms with Crippen LogP contribution in [0.5, 0.6) is 17.2 Å². The van der Waals surface area contributed by atoms with Crippen molar-refractivity contribution >= 4 is 11.0 Å². The van der Waals surface area contributed by atoms with Crippen LogP contribution in [0.4, 0.5) is 0 Å². The molecule has 0 bridgehead atoms. The van der Waals surface area contributed by atoms with E-state index in [1.165, 1.54) is 38.3 Å². The van der Waals surface area contributed by atoms with E-state index in [0.717, 1.165) is 12.1 Å². The van der Waals surface area contributed by atoms with Gasteiger partial charge in [0.1, 0.15) is 71.7 Å². The van der Waals surface area contributed by atoms with E-state index < -0.39 is 84.4 Å². The van der Waals surface area contributed by atoms with Gasteiger partial charge in [0, 0.05) is 11.6 Å². The molecule has 0 aliphatic carbocycles. The van der Waals surface area contributed by atoms with Crippen LogP contribution in [0.3, 0.4) is 0 Å². The molecular weight excluding hydrogens is 560 g/mol. The van der Waals surface area contributed by atoms with Crippen LogP contribution in [0.1, 0.15) is 18.6 Å². The number of ether oxygens (including phenoxy) is 4. The minimum Gasteiger partial charge on any atom is -0.872 e. The van der Waals surface area contributed by atoms with E-state index in [2.05, 4.69) is 0 Å². The molecule has 0 spiro atoms. The summed E-state index contributed by atoms with van der Waals surface area (Å²) in [6, 6.07) is 7.79. The Balaban J connectivity index is 1.69. The first-order valence-corrected chi connectivity index (χ1v) is 13.1. The number of aromatic hydroxyl groups is 1. The van der Waals surface area contributed by atoms with Gasteiger partial charge in [0.2, 0.25) is 0 Å². The molecule has 7 N–H and O–H groups in total. The predicted octanol–water partition coefficient (Wildman–Crippen LogP) is -1.39. The highest BCUT2D eigenvalue weighted by atomic mass is 16.7. The van der Waals surface area contributed by atoms with E-state index in [9.17, 15) is 45.6 Å². The van der Waals surface area contributed by atoms with Crippen LogP contribution >= 0.6 is 0 Å². The van der Waals surface area contributed by atoms with Gasteiger partial charge >= 0.3 is 0 Å². The molecule has 2 aromatic carbocycles. The van der Waals surface area contributed by atoms with E-state index in [1.807, 2.05) is 0 Å². The van der Waals surface area contributed by atoms with Gasteiger partial charge in [-0.3, -0.25) is 4.79 Å². The van der Waals surface area contributed by atoms with Crippen LogP contribution in [0.25, 0.3) is 22.3 Å². The third-order valence-corrected chi connectivity index (χ3v) is 7.59. The van der Waals surface area contributed by atoms with Gasteiger partial charge in [-0.25, -0.2) is 0 Å². The van der Waals surface area contributed by atoms with Crippen LogP contribution in [-0.4, -0.2) is 105 Å². The molecule has 2 aliphatic heterocycles. The Bertz CT molecular complexity index is 1470. The van der Waals surface area contributed by atoms with Gasteiger partial charge in [-0.05, 0) is 37.3 Å². The Labute approximate surface area is 238 Å². The summed E-state index contributed by atoms with van der Waals surface area (Å²) >= 11 is 0. The maximum atomic E-state index is 13.2. The molecule has 2 aliphatic rings. The molecule has 0 saturated carbocycles. The first-order valence-electron chi connectivity index (χ1n) is 13.1. The lowest BCUT2D eigenvalue weighted by Crippen LogP contribution is -2.61. The molecule has 0 radical (unpaired) electrons. The second-order valence-corrected chi connectivity index (χ2v) is 10.3. The fraction of sp³-hybridized carbons (Fsp3) is 0.464. The van der Waals surface area contributed by atoms with Gasteiger partial charge < -0.3 is 64.2 Å². The van der Waals surface area contributed by atoms with E-state index in [4.69, 9.17) is 23.4 Å². The number of aliphatic hydroxyl groups is 6. The molecule has 14 nitrogen and oxygen atoms in total. The highest BCUT2D eigenvalue weighted by Crippen LogP contribution is 2.45. The molecule has 14 heteroatoms. The Kier molecular flexibility index (Phi) is 8.44. The zero-order valence-corrected chi connectivity index (χ0v) is 22.4. The zero-order valence-electron chi connectivity index (χ0n) is 22.4. The lowest BCUT2D eigenvalue weighted by molar-refractivity contribution is -0.338. The minimum absolute atomic E-state index is 0.00550. The van der Waals surface area contributed by atoms with Crippen LogP contribution in [-0.2, 0) is 14.2 Å². The second-order valence-electron chi connectivity index (χ2n) is 10.3. The van der Waals surface area contributed by atoms with Crippen LogP contribution in [0.15, 0.2) is 45.6 Å². The SMILES string of the molecule is COc1cc([O-])c2c(=O)cc(-c3ccc(O)cc3)oc2c1[C@@H]1O[C@H](CO)[C@@H](O)[C@H](O)[C@H]1O[C@@H]1O[C@@H](C)[C@H](O)[C@@H](O)[C@H]1O. The lowest BCUT2D eigenvalue weighted by atomic mass is 9.89. The summed E-state index contributed by atoms with van der Waals surface area (Å²) < 4.78 is 28.8. The van der Waals surface area contributed by atoms with Crippen LogP contribution in [0, 0.1) is 0 Å². The maximum absolute atomic E-state index is 13.2. The molecule has 1 aromatic heterocycles. The van der Waals surface area contributed by atoms with Gasteiger partial charge in [0.25, 0.3) is 0 Å². The summed E-state index contributed by atoms with van der Waals surface area (Å²) in [4.78, 5) is 13.2. The van der Waals surface area contributed by atoms with Gasteiger partial charge in [-0.15, -0.1) is 0 Å². The van der Waals surface area contributed by atoms with E-state index in [-0.39, 0.29) is 28.4 Å². The Morgan fingerprint density at radius 3 is 2.26 bits per heavy atom. The first kappa shape index (κ1) is 30.2. The molecule has 10 atom stereocenters. The van der Waals surface area contributed by atoms with Gasteiger partial charge in [0.15, 0.2) is 11.7 Å². The lowest BCUT2D eigenvalue weighted by Gasteiger charge is -2.46. The van der Waals surface area contributed by atoms with Gasteiger partial charge in [-0.1, -0.05) is 5.75 Å². The standard InChI is InChI=1S/C28H32O14/c1-10-20(33)22(35)24(37)28(39-10)42-27-23(36)21(34)17(9-29)41-26(27)19-16(38-2)8-14(32)18-13(31)7-15(40-25(18)19)11-3-5-12(30)6-4-11/h3-8,10,17,20-24,26-30,32-37H,9H2,1-2H3/p-1/t10-,17+,20-,21+,22+,23-,24+,26-,27+,28-/m0/s1. The molecular formula is C28H31O14-. The zero-order chi connectivity index (χ0) is 30.5. The Hall–Kier alpha value is -3.31. The number of phenols is 1. The number of methoxy groups -OCH3 is 1. The fourth-order valence-corrected chi connectivity index (χ4v) is 5.26. The number of phenolic OH excluding ortho intramolecular Hbond substituents is 1. The quantitative estimate of drug-likeness (QED) is 0.175. The van der Waals surface area contributed by atoms with Crippen molar-refractivity contribution in [3.05, 3.63) is 52.2 Å². The topological polar surface area (TPSA) is 232 Å². The number of hydrogen-bond donors (Lipinski definition) is 7. The van der Waals surface area contributed by atoms with Crippen molar-refractivity contribution in [1.82, 2.24) is 0 Å². The molecule has 3 heterocycles. The van der Waals surface area contributed by atoms with E-state index in [0.29, 0.717) is 5.56 Å². The van der Waals surface area contributed by atoms with Crippen molar-refractivity contribution in [1.29, 1.82) is 0 Å². The van der Waals surface area contributed by atoms with Crippen molar-refractivity contribution in [3.63, 3.8) is 0 Å². The molecule has 5 rings (SSSR count). The minimum atomic E-state index is -1.81. The monoisotopic (exact) mass is 591 g/mol. The molecule has 0 unspecified atom stereocenters. The fourth-order valence-electron chi connectivity index (χ4n) is 5.26. The van der Waals surface area contributed by atoms with Crippen LogP contribution < -0.4 is 15.3 Å². The highest BCUT2D eigenvalue weighted by Gasteiger charge is 2.51. The summed E-state index contributed by atoms with van der Waals surface area (Å²) in [6.07, 6.45) is -15.6. The van der Waals surface area contributed by atoms with Crippen molar-refractivity contribution in [3.8, 4) is 28.6 Å². The number of aliphatic hydroxyl groups excluding tert-OH is 6. The van der Waals surface area contributed by atoms with Crippen LogP contribution in [0.2, 0.25) is 0 Å². The van der Waals surface area contributed by atoms with Crippen molar-refractivity contribution in [2.24, 2.45) is 0 Å². The van der Waals surface area contributed by atoms with Crippen molar-refractivity contribution < 1.29 is 64.2 Å². The van der Waals surface area contributed by atoms with Gasteiger partial charge in [0.05, 0.1) is 30.8 Å². The van der Waals surface area contributed by atoms with E-state index >= 15 is 0 Å². The second kappa shape index (κ2) is 11.8. The summed E-state index contributed by atoms with van der Waals surface area (Å²) in [5, 5.41) is 84.9. The third kappa shape index (κ3) is 5.21. The normalized spacial score (nSPS) is 33.5. The third-order valence-electron chi connectivity index (χ3n) is 7.59. The summed E-state index contributed by atoms with van der Waals surface area (Å²) in [6.45, 7) is 0.662. The largest absolute Gasteiger partial charge is 0.872 e. The summed E-state index contributed by atoms with van der Waals surface area (Å²) in [5.74, 6) is -0.929. The van der Waals surface area contributed by atoms with Crippen molar-refractivity contribution in [2.75, 3.05) is 13.7 Å². The Morgan fingerprint density at radius 1 is 0.929 bits per heavy atom. The van der Waals surface area contributed by atoms with E-state index in [1.54, 1.807) is 0 Å². The summed E-state index contributed by atoms with van der Waals surface area (Å²) in [7, 11) is 1.23. The van der Waals surface area contributed by atoms with Crippen molar-refractivity contribution in [2.45, 2.75) is 68.1 Å². The molecule has 3 aromatic rings. The molecule has 2 saturated heterocycles. The number of rotatable bonds is 6.